The second kappa shape index (κ2) is 6.53. The van der Waals surface area contributed by atoms with E-state index in [0.717, 1.165) is 9.93 Å². The molecule has 15 heavy (non-hydrogen) atoms. The van der Waals surface area contributed by atoms with E-state index in [1.807, 2.05) is 0 Å². The molecular formula is C12H18FIO. The molecule has 3 heteroatoms. The summed E-state index contributed by atoms with van der Waals surface area (Å²) in [6.07, 6.45) is 3.78. The van der Waals surface area contributed by atoms with Crippen LogP contribution in [-0.2, 0) is 0 Å². The van der Waals surface area contributed by atoms with Crippen LogP contribution in [0.4, 0.5) is 4.39 Å². The Balaban J connectivity index is 2.66. The highest BCUT2D eigenvalue weighted by molar-refractivity contribution is 14.2. The third-order valence-corrected chi connectivity index (χ3v) is 5.30. The van der Waals surface area contributed by atoms with Gasteiger partial charge < -0.3 is 5.11 Å². The van der Waals surface area contributed by atoms with Crippen molar-refractivity contribution in [1.82, 2.24) is 0 Å². The first kappa shape index (κ1) is 13.0. The summed E-state index contributed by atoms with van der Waals surface area (Å²) in [5.41, 5.74) is 2.67. The minimum atomic E-state index is -0.418. The third-order valence-electron chi connectivity index (χ3n) is 2.48. The van der Waals surface area contributed by atoms with Gasteiger partial charge >= 0.3 is 0 Å². The van der Waals surface area contributed by atoms with Gasteiger partial charge in [-0.15, -0.1) is 0 Å². The number of hydrogen-bond donors (Lipinski definition) is 1. The van der Waals surface area contributed by atoms with Crippen LogP contribution in [0.25, 0.3) is 0 Å². The van der Waals surface area contributed by atoms with Crippen LogP contribution in [0.1, 0.15) is 33.1 Å². The quantitative estimate of drug-likeness (QED) is 0.768. The zero-order valence-corrected chi connectivity index (χ0v) is 11.4. The van der Waals surface area contributed by atoms with E-state index < -0.39 is 6.10 Å². The fraction of sp³-hybridized carbons (Fsp3) is 0.583. The van der Waals surface area contributed by atoms with Gasteiger partial charge in [0, 0.05) is 3.51 Å². The van der Waals surface area contributed by atoms with Gasteiger partial charge in [-0.05, 0) is 47.5 Å². The van der Waals surface area contributed by atoms with Gasteiger partial charge in [0.1, 0.15) is 0 Å². The molecule has 0 saturated carbocycles. The highest BCUT2D eigenvalue weighted by Crippen LogP contribution is 2.26. The van der Waals surface area contributed by atoms with Crippen molar-refractivity contribution in [3.63, 3.8) is 0 Å². The van der Waals surface area contributed by atoms with Crippen LogP contribution in [0.5, 0.6) is 0 Å². The van der Waals surface area contributed by atoms with Crippen LogP contribution >= 0.6 is 20.7 Å². The van der Waals surface area contributed by atoms with Crippen molar-refractivity contribution in [2.75, 3.05) is 6.67 Å². The number of aliphatic hydroxyl groups is 1. The second-order valence-corrected chi connectivity index (χ2v) is 6.15. The molecule has 1 N–H and O–H groups in total. The van der Waals surface area contributed by atoms with Crippen LogP contribution in [-0.4, -0.2) is 21.4 Å². The summed E-state index contributed by atoms with van der Waals surface area (Å²) in [6.45, 7) is 3.90. The molecule has 1 nitrogen and oxygen atoms in total. The Morgan fingerprint density at radius 2 is 2.27 bits per heavy atom. The summed E-state index contributed by atoms with van der Waals surface area (Å²) in [5.74, 6) is 0. The van der Waals surface area contributed by atoms with E-state index in [2.05, 4.69) is 24.0 Å². The molecular weight excluding hydrogens is 306 g/mol. The van der Waals surface area contributed by atoms with Gasteiger partial charge in [-0.2, -0.15) is 0 Å². The second-order valence-electron chi connectivity index (χ2n) is 3.66. The van der Waals surface area contributed by atoms with Gasteiger partial charge in [0.15, 0.2) is 0 Å². The first-order valence-corrected chi connectivity index (χ1v) is 7.63. The lowest BCUT2D eigenvalue weighted by molar-refractivity contribution is 0.225. The maximum Gasteiger partial charge on any atom is 0.0895 e. The summed E-state index contributed by atoms with van der Waals surface area (Å²) < 4.78 is 15.4. The number of hydrogen-bond acceptors (Lipinski definition) is 1. The van der Waals surface area contributed by atoms with Crippen LogP contribution in [0.15, 0.2) is 21.3 Å². The van der Waals surface area contributed by atoms with Crippen molar-refractivity contribution in [1.29, 1.82) is 0 Å². The fourth-order valence-electron chi connectivity index (χ4n) is 1.48. The van der Waals surface area contributed by atoms with E-state index in [-0.39, 0.29) is 27.4 Å². The highest BCUT2D eigenvalue weighted by atomic mass is 127. The van der Waals surface area contributed by atoms with Crippen LogP contribution in [0, 0.1) is 0 Å². The van der Waals surface area contributed by atoms with Crippen molar-refractivity contribution in [2.24, 2.45) is 0 Å². The zero-order chi connectivity index (χ0) is 11.3. The summed E-state index contributed by atoms with van der Waals surface area (Å²) in [6, 6.07) is 0. The lowest BCUT2D eigenvalue weighted by Gasteiger charge is -2.15. The Kier molecular flexibility index (Phi) is 5.68. The van der Waals surface area contributed by atoms with Crippen molar-refractivity contribution in [3.8, 4) is 0 Å². The normalized spacial score (nSPS) is 18.5. The minimum absolute atomic E-state index is 0.177. The average Bonchev–Trinajstić information content (AvgIpc) is 2.25. The predicted octanol–water partition coefficient (Wildman–Crippen LogP) is 3.49. The summed E-state index contributed by atoms with van der Waals surface area (Å²) in [7, 11) is 0. The van der Waals surface area contributed by atoms with E-state index in [9.17, 15) is 9.50 Å². The summed E-state index contributed by atoms with van der Waals surface area (Å²) in [5, 5.41) is 9.83. The van der Waals surface area contributed by atoms with Crippen molar-refractivity contribution in [2.45, 2.75) is 39.2 Å². The molecule has 1 aliphatic heterocycles. The molecule has 0 spiro atoms. The number of allylic oxidation sites excluding steroid dienone is 2. The van der Waals surface area contributed by atoms with Gasteiger partial charge in [0.05, 0.1) is 12.8 Å². The fourth-order valence-corrected chi connectivity index (χ4v) is 4.52. The van der Waals surface area contributed by atoms with Crippen molar-refractivity contribution in [3.05, 3.63) is 21.3 Å². The highest BCUT2D eigenvalue weighted by Gasteiger charge is 2.12. The molecule has 0 amide bonds. The molecule has 0 aromatic heterocycles. The van der Waals surface area contributed by atoms with Gasteiger partial charge in [0.2, 0.25) is 0 Å². The third kappa shape index (κ3) is 3.79. The summed E-state index contributed by atoms with van der Waals surface area (Å²) in [4.78, 5) is 0. The summed E-state index contributed by atoms with van der Waals surface area (Å²) >= 11 is -0.177. The van der Waals surface area contributed by atoms with Crippen molar-refractivity contribution < 1.29 is 9.50 Å². The predicted molar refractivity (Wildman–Crippen MR) is 72.4 cm³/mol. The molecule has 1 aliphatic rings. The molecule has 0 aromatic carbocycles. The minimum Gasteiger partial charge on any atom is -0.388 e. The Hall–Kier alpha value is -0.0300. The lowest BCUT2D eigenvalue weighted by atomic mass is 10.0. The average molecular weight is 324 g/mol. The molecule has 86 valence electrons. The Labute approximate surface area is 101 Å². The molecule has 0 aliphatic carbocycles. The van der Waals surface area contributed by atoms with E-state index in [1.165, 1.54) is 11.1 Å². The van der Waals surface area contributed by atoms with E-state index >= 15 is 0 Å². The maximum atomic E-state index is 12.0. The topological polar surface area (TPSA) is 20.2 Å². The molecule has 0 aromatic rings. The van der Waals surface area contributed by atoms with E-state index in [1.54, 1.807) is 0 Å². The SMILES string of the molecule is CCC1=CI=C(C(O)CCCF)C=C1C. The molecule has 0 saturated heterocycles. The Morgan fingerprint density at radius 1 is 1.53 bits per heavy atom. The van der Waals surface area contributed by atoms with Crippen molar-refractivity contribution >= 4 is 24.2 Å². The molecule has 0 radical (unpaired) electrons. The van der Waals surface area contributed by atoms with E-state index in [4.69, 9.17) is 0 Å². The van der Waals surface area contributed by atoms with Gasteiger partial charge in [0.25, 0.3) is 0 Å². The molecule has 1 atom stereocenters. The van der Waals surface area contributed by atoms with Crippen LogP contribution in [0.2, 0.25) is 0 Å². The Morgan fingerprint density at radius 3 is 2.80 bits per heavy atom. The largest absolute Gasteiger partial charge is 0.388 e. The smallest absolute Gasteiger partial charge is 0.0895 e. The molecule has 1 unspecified atom stereocenters. The lowest BCUT2D eigenvalue weighted by Crippen LogP contribution is -2.18. The van der Waals surface area contributed by atoms with Gasteiger partial charge in [-0.1, -0.05) is 27.7 Å². The number of halogens is 2. The van der Waals surface area contributed by atoms with Gasteiger partial charge in [-0.25, -0.2) is 0 Å². The number of rotatable bonds is 5. The van der Waals surface area contributed by atoms with Crippen LogP contribution in [0.3, 0.4) is 0 Å². The van der Waals surface area contributed by atoms with E-state index in [0.29, 0.717) is 12.8 Å². The first-order chi connectivity index (χ1) is 7.19. The Bertz CT molecular complexity index is 305. The number of alkyl halides is 1. The zero-order valence-electron chi connectivity index (χ0n) is 9.26. The van der Waals surface area contributed by atoms with Gasteiger partial charge in [-0.3, -0.25) is 4.39 Å². The monoisotopic (exact) mass is 324 g/mol. The van der Waals surface area contributed by atoms with Crippen LogP contribution < -0.4 is 0 Å². The molecule has 1 heterocycles. The molecule has 0 fully saturated rings. The first-order valence-electron chi connectivity index (χ1n) is 5.31. The maximum absolute atomic E-state index is 12.0. The number of aliphatic hydroxyl groups excluding tert-OH is 1. The molecule has 0 bridgehead atoms. The standard InChI is InChI=1S/C12H18FIO/c1-3-10-8-14-11(7-9(10)2)12(15)5-4-6-13/h7-8,12,15H,3-6H2,1-2H3. The molecule has 1 rings (SSSR count).